The molecule has 0 unspecified atom stereocenters. The molecule has 0 atom stereocenters. The van der Waals surface area contributed by atoms with Crippen molar-refractivity contribution in [1.29, 1.82) is 0 Å². The maximum atomic E-state index is 12.9. The molecule has 0 saturated heterocycles. The number of hydrogen-bond donors (Lipinski definition) is 0. The highest BCUT2D eigenvalue weighted by Gasteiger charge is 2.16. The number of oxime groups is 1. The molecule has 0 fully saturated rings. The van der Waals surface area contributed by atoms with Crippen LogP contribution in [0.1, 0.15) is 24.2 Å². The average Bonchev–Trinajstić information content (AvgIpc) is 2.30. The van der Waals surface area contributed by atoms with Crippen LogP contribution in [0.15, 0.2) is 17.3 Å². The lowest BCUT2D eigenvalue weighted by Crippen LogP contribution is -2.09. The third-order valence-electron chi connectivity index (χ3n) is 2.00. The maximum absolute atomic E-state index is 12.9. The van der Waals surface area contributed by atoms with Gasteiger partial charge in [0, 0.05) is 6.92 Å². The molecule has 7 heteroatoms. The predicted molar refractivity (Wildman–Crippen MR) is 60.6 cm³/mol. The van der Waals surface area contributed by atoms with E-state index < -0.39 is 17.6 Å². The first-order valence-corrected chi connectivity index (χ1v) is 5.12. The van der Waals surface area contributed by atoms with Crippen LogP contribution in [-0.2, 0) is 9.63 Å². The summed E-state index contributed by atoms with van der Waals surface area (Å²) in [4.78, 5) is 26.6. The Morgan fingerprint density at radius 1 is 1.22 bits per heavy atom. The smallest absolute Gasteiger partial charge is 0.312 e. The Morgan fingerprint density at radius 2 is 1.78 bits per heavy atom. The van der Waals surface area contributed by atoms with E-state index in [9.17, 15) is 18.4 Å². The van der Waals surface area contributed by atoms with Gasteiger partial charge in [-0.2, -0.15) is 0 Å². The molecule has 0 saturated carbocycles. The summed E-state index contributed by atoms with van der Waals surface area (Å²) in [6.07, 6.45) is 0. The van der Waals surface area contributed by atoms with E-state index in [1.54, 1.807) is 0 Å². The summed E-state index contributed by atoms with van der Waals surface area (Å²) in [5.41, 5.74) is -0.419. The molecule has 1 rings (SSSR count). The van der Waals surface area contributed by atoms with Crippen LogP contribution in [0.4, 0.5) is 8.78 Å². The van der Waals surface area contributed by atoms with Crippen LogP contribution in [0.5, 0.6) is 0 Å². The molecule has 0 spiro atoms. The van der Waals surface area contributed by atoms with Gasteiger partial charge in [0.2, 0.25) is 0 Å². The van der Waals surface area contributed by atoms with Crippen LogP contribution in [0.3, 0.4) is 0 Å². The number of nitrogens with zero attached hydrogens (tertiary/aromatic N) is 1. The van der Waals surface area contributed by atoms with E-state index in [0.717, 1.165) is 0 Å². The minimum atomic E-state index is -1.24. The largest absolute Gasteiger partial charge is 0.367 e. The van der Waals surface area contributed by atoms with E-state index in [-0.39, 0.29) is 22.1 Å². The third kappa shape index (κ3) is 3.33. The van der Waals surface area contributed by atoms with Gasteiger partial charge < -0.3 is 4.84 Å². The number of rotatable bonds is 3. The lowest BCUT2D eigenvalue weighted by Gasteiger charge is -2.02. The van der Waals surface area contributed by atoms with Crippen LogP contribution >= 0.6 is 11.6 Å². The summed E-state index contributed by atoms with van der Waals surface area (Å²) in [7, 11) is 0. The van der Waals surface area contributed by atoms with Gasteiger partial charge in [0.1, 0.15) is 5.71 Å². The molecule has 0 aliphatic carbocycles. The molecule has 0 bridgehead atoms. The topological polar surface area (TPSA) is 55.7 Å². The molecule has 18 heavy (non-hydrogen) atoms. The molecule has 1 aromatic rings. The van der Waals surface area contributed by atoms with Crippen molar-refractivity contribution in [3.63, 3.8) is 0 Å². The molecule has 0 N–H and O–H groups in total. The first-order chi connectivity index (χ1) is 8.32. The highest BCUT2D eigenvalue weighted by molar-refractivity contribution is 6.38. The van der Waals surface area contributed by atoms with Crippen LogP contribution in [-0.4, -0.2) is 17.5 Å². The SMILES string of the molecule is CC(=O)C(C)=NOC(=O)c1cc(F)c(F)cc1Cl. The number of hydrogen-bond acceptors (Lipinski definition) is 4. The molecular formula is C11H8ClF2NO3. The van der Waals surface area contributed by atoms with Gasteiger partial charge in [-0.25, -0.2) is 13.6 Å². The zero-order chi connectivity index (χ0) is 13.9. The van der Waals surface area contributed by atoms with Gasteiger partial charge in [0.25, 0.3) is 0 Å². The van der Waals surface area contributed by atoms with Crippen LogP contribution in [0, 0.1) is 11.6 Å². The van der Waals surface area contributed by atoms with Gasteiger partial charge in [0.05, 0.1) is 10.6 Å². The zero-order valence-corrected chi connectivity index (χ0v) is 10.2. The number of carbonyl (C=O) groups is 2. The quantitative estimate of drug-likeness (QED) is 0.369. The lowest BCUT2D eigenvalue weighted by molar-refractivity contribution is -0.111. The van der Waals surface area contributed by atoms with Gasteiger partial charge in [0.15, 0.2) is 17.4 Å². The molecule has 0 radical (unpaired) electrons. The van der Waals surface area contributed by atoms with E-state index in [4.69, 9.17) is 11.6 Å². The molecule has 0 aliphatic heterocycles. The second kappa shape index (κ2) is 5.68. The van der Waals surface area contributed by atoms with Crippen molar-refractivity contribution >= 4 is 29.1 Å². The fourth-order valence-corrected chi connectivity index (χ4v) is 1.13. The molecule has 1 aromatic carbocycles. The summed E-state index contributed by atoms with van der Waals surface area (Å²) in [6.45, 7) is 2.57. The summed E-state index contributed by atoms with van der Waals surface area (Å²) >= 11 is 5.55. The molecule has 0 aliphatic rings. The second-order valence-corrected chi connectivity index (χ2v) is 3.76. The van der Waals surface area contributed by atoms with Crippen molar-refractivity contribution in [1.82, 2.24) is 0 Å². The highest BCUT2D eigenvalue weighted by Crippen LogP contribution is 2.20. The minimum Gasteiger partial charge on any atom is -0.312 e. The fraction of sp³-hybridized carbons (Fsp3) is 0.182. The molecule has 0 heterocycles. The minimum absolute atomic E-state index is 0.0398. The van der Waals surface area contributed by atoms with Crippen LogP contribution in [0.2, 0.25) is 5.02 Å². The standard InChI is InChI=1S/C11H8ClF2NO3/c1-5(6(2)16)15-18-11(17)7-3-9(13)10(14)4-8(7)12/h3-4H,1-2H3. The van der Waals surface area contributed by atoms with Crippen molar-refractivity contribution in [2.45, 2.75) is 13.8 Å². The molecular weight excluding hydrogens is 268 g/mol. The van der Waals surface area contributed by atoms with Gasteiger partial charge >= 0.3 is 5.97 Å². The van der Waals surface area contributed by atoms with Gasteiger partial charge in [-0.3, -0.25) is 4.79 Å². The Kier molecular flexibility index (Phi) is 4.49. The maximum Gasteiger partial charge on any atom is 0.367 e. The number of halogens is 3. The van der Waals surface area contributed by atoms with Crippen LogP contribution in [0.25, 0.3) is 0 Å². The predicted octanol–water partition coefficient (Wildman–Crippen LogP) is 2.74. The van der Waals surface area contributed by atoms with E-state index in [2.05, 4.69) is 9.99 Å². The lowest BCUT2D eigenvalue weighted by atomic mass is 10.2. The van der Waals surface area contributed by atoms with Gasteiger partial charge in [-0.05, 0) is 19.1 Å². The normalized spacial score (nSPS) is 11.3. The van der Waals surface area contributed by atoms with E-state index in [0.29, 0.717) is 12.1 Å². The Morgan fingerprint density at radius 3 is 2.33 bits per heavy atom. The number of benzene rings is 1. The third-order valence-corrected chi connectivity index (χ3v) is 2.32. The Bertz CT molecular complexity index is 543. The first-order valence-electron chi connectivity index (χ1n) is 4.74. The van der Waals surface area contributed by atoms with E-state index in [1.165, 1.54) is 13.8 Å². The van der Waals surface area contributed by atoms with Crippen molar-refractivity contribution in [3.05, 3.63) is 34.4 Å². The van der Waals surface area contributed by atoms with Crippen molar-refractivity contribution < 1.29 is 23.2 Å². The summed E-state index contributed by atoms with van der Waals surface area (Å²) in [5.74, 6) is -3.89. The molecule has 0 aromatic heterocycles. The highest BCUT2D eigenvalue weighted by atomic mass is 35.5. The average molecular weight is 276 g/mol. The molecule has 0 amide bonds. The molecule has 96 valence electrons. The molecule has 4 nitrogen and oxygen atoms in total. The Labute approximate surface area is 106 Å². The number of carbonyl (C=O) groups excluding carboxylic acids is 2. The zero-order valence-electron chi connectivity index (χ0n) is 9.46. The Balaban J connectivity index is 2.95. The number of ketones is 1. The fourth-order valence-electron chi connectivity index (χ4n) is 0.902. The Hall–Kier alpha value is -1.82. The van der Waals surface area contributed by atoms with Crippen molar-refractivity contribution in [2.24, 2.45) is 5.16 Å². The summed E-state index contributed by atoms with van der Waals surface area (Å²) < 4.78 is 25.7. The summed E-state index contributed by atoms with van der Waals surface area (Å²) in [6, 6.07) is 1.24. The van der Waals surface area contributed by atoms with Crippen molar-refractivity contribution in [3.8, 4) is 0 Å². The van der Waals surface area contributed by atoms with Crippen LogP contribution < -0.4 is 0 Å². The van der Waals surface area contributed by atoms with E-state index >= 15 is 0 Å². The first kappa shape index (κ1) is 14.2. The van der Waals surface area contributed by atoms with Gasteiger partial charge in [-0.15, -0.1) is 0 Å². The van der Waals surface area contributed by atoms with Crippen molar-refractivity contribution in [2.75, 3.05) is 0 Å². The number of Topliss-reactive ketones (excluding diaryl/α,β-unsaturated/α-hetero) is 1. The second-order valence-electron chi connectivity index (χ2n) is 3.36. The monoisotopic (exact) mass is 275 g/mol. The summed E-state index contributed by atoms with van der Waals surface area (Å²) in [5, 5.41) is 2.93. The van der Waals surface area contributed by atoms with E-state index in [1.807, 2.05) is 0 Å². The van der Waals surface area contributed by atoms with Gasteiger partial charge in [-0.1, -0.05) is 16.8 Å².